The van der Waals surface area contributed by atoms with Gasteiger partial charge < -0.3 is 32.3 Å². The van der Waals surface area contributed by atoms with Crippen LogP contribution in [0.2, 0.25) is 0 Å². The van der Waals surface area contributed by atoms with E-state index in [0.717, 1.165) is 34.1 Å². The molecule has 2 aliphatic heterocycles. The van der Waals surface area contributed by atoms with Gasteiger partial charge in [0.15, 0.2) is 10.8 Å². The SMILES string of the molecule is COC(=O)/C=C\SC1=C(C(=O)O)N2C(=O)[C@@H](NC(=O)/C(=N\OCC(=O)O)c3csc(N)n3)[C@H]2SC1.[H-].[Na+]. The molecule has 0 bridgehead atoms. The van der Waals surface area contributed by atoms with Gasteiger partial charge in [0.25, 0.3) is 11.8 Å². The summed E-state index contributed by atoms with van der Waals surface area (Å²) in [6.45, 7) is -0.817. The van der Waals surface area contributed by atoms with Crippen LogP contribution in [0.15, 0.2) is 32.6 Å². The number of methoxy groups -OCH3 is 1. The van der Waals surface area contributed by atoms with Crippen molar-refractivity contribution in [3.8, 4) is 0 Å². The molecule has 1 aromatic heterocycles. The Kier molecular flexibility index (Phi) is 10.8. The third kappa shape index (κ3) is 6.80. The molecule has 2 amide bonds. The number of nitrogens with zero attached hydrogens (tertiary/aromatic N) is 3. The number of oxime groups is 1. The van der Waals surface area contributed by atoms with Gasteiger partial charge in [-0.15, -0.1) is 23.1 Å². The quantitative estimate of drug-likeness (QED) is 0.0548. The third-order valence-corrected chi connectivity index (χ3v) is 7.39. The Bertz CT molecular complexity index is 1180. The van der Waals surface area contributed by atoms with E-state index < -0.39 is 53.5 Å². The zero-order chi connectivity index (χ0) is 25.7. The molecule has 1 saturated heterocycles. The van der Waals surface area contributed by atoms with Crippen LogP contribution in [-0.4, -0.2) is 86.4 Å². The second-order valence-corrected chi connectivity index (χ2v) is 9.56. The van der Waals surface area contributed by atoms with Crippen molar-refractivity contribution in [2.45, 2.75) is 11.4 Å². The second kappa shape index (κ2) is 13.1. The minimum atomic E-state index is -1.34. The molecule has 0 aromatic carbocycles. The van der Waals surface area contributed by atoms with Gasteiger partial charge >= 0.3 is 47.5 Å². The molecule has 0 spiro atoms. The molecule has 5 N–H and O–H groups in total. The van der Waals surface area contributed by atoms with E-state index in [1.807, 2.05) is 0 Å². The monoisotopic (exact) mass is 567 g/mol. The van der Waals surface area contributed by atoms with Gasteiger partial charge in [0.05, 0.1) is 7.11 Å². The number of aliphatic carboxylic acids is 2. The number of carboxylic acids is 2. The first kappa shape index (κ1) is 29.7. The number of amides is 2. The number of aromatic nitrogens is 1. The number of ether oxygens (including phenoxy) is 1. The van der Waals surface area contributed by atoms with E-state index in [1.165, 1.54) is 29.7 Å². The van der Waals surface area contributed by atoms with E-state index in [-0.39, 0.29) is 53.3 Å². The summed E-state index contributed by atoms with van der Waals surface area (Å²) < 4.78 is 4.48. The largest absolute Gasteiger partial charge is 1.00 e. The summed E-state index contributed by atoms with van der Waals surface area (Å²) >= 11 is 3.18. The minimum Gasteiger partial charge on any atom is -1.00 e. The zero-order valence-corrected chi connectivity index (χ0v) is 23.1. The van der Waals surface area contributed by atoms with Crippen molar-refractivity contribution < 1.29 is 74.7 Å². The number of hydrogen-bond acceptors (Lipinski definition) is 13. The van der Waals surface area contributed by atoms with Crippen LogP contribution in [-0.2, 0) is 33.5 Å². The number of carbonyl (C=O) groups is 5. The van der Waals surface area contributed by atoms with Gasteiger partial charge in [-0.05, 0) is 5.41 Å². The number of nitrogens with two attached hydrogens (primary N) is 1. The predicted molar refractivity (Wildman–Crippen MR) is 126 cm³/mol. The molecule has 0 unspecified atom stereocenters. The first-order valence-corrected chi connectivity index (χ1v) is 12.2. The van der Waals surface area contributed by atoms with Crippen molar-refractivity contribution in [2.24, 2.45) is 5.16 Å². The van der Waals surface area contributed by atoms with Crippen molar-refractivity contribution in [1.29, 1.82) is 0 Å². The Labute approximate surface area is 239 Å². The summed E-state index contributed by atoms with van der Waals surface area (Å²) in [5.74, 6) is -4.65. The molecule has 1 fully saturated rings. The van der Waals surface area contributed by atoms with E-state index in [0.29, 0.717) is 4.91 Å². The first-order chi connectivity index (χ1) is 16.6. The molecule has 14 nitrogen and oxygen atoms in total. The molecular formula is C18H18N5NaO9S3. The number of fused-ring (bicyclic) bond motifs is 1. The summed E-state index contributed by atoms with van der Waals surface area (Å²) in [5, 5.41) is 26.5. The fourth-order valence-electron chi connectivity index (χ4n) is 2.88. The molecule has 188 valence electrons. The van der Waals surface area contributed by atoms with E-state index in [4.69, 9.17) is 10.8 Å². The molecule has 36 heavy (non-hydrogen) atoms. The maximum absolute atomic E-state index is 12.9. The Morgan fingerprint density at radius 3 is 2.72 bits per heavy atom. The number of hydrogen-bond donors (Lipinski definition) is 4. The number of carbonyl (C=O) groups excluding carboxylic acids is 3. The molecule has 0 saturated carbocycles. The maximum Gasteiger partial charge on any atom is 1.00 e. The van der Waals surface area contributed by atoms with Crippen molar-refractivity contribution in [2.75, 3.05) is 25.2 Å². The van der Waals surface area contributed by atoms with Crippen LogP contribution in [0.5, 0.6) is 0 Å². The molecule has 0 aliphatic carbocycles. The van der Waals surface area contributed by atoms with Crippen LogP contribution in [0, 0.1) is 0 Å². The molecular weight excluding hydrogens is 549 g/mol. The van der Waals surface area contributed by atoms with Crippen molar-refractivity contribution in [3.63, 3.8) is 0 Å². The van der Waals surface area contributed by atoms with E-state index in [9.17, 15) is 29.1 Å². The molecule has 1 aromatic rings. The van der Waals surface area contributed by atoms with E-state index >= 15 is 0 Å². The molecule has 18 heteroatoms. The van der Waals surface area contributed by atoms with Crippen molar-refractivity contribution in [1.82, 2.24) is 15.2 Å². The van der Waals surface area contributed by atoms with Gasteiger partial charge in [0, 0.05) is 22.1 Å². The minimum absolute atomic E-state index is 0. The average Bonchev–Trinajstić information content (AvgIpc) is 3.24. The van der Waals surface area contributed by atoms with Gasteiger partial charge in [0.1, 0.15) is 22.8 Å². The fraction of sp³-hybridized carbons (Fsp3) is 0.278. The van der Waals surface area contributed by atoms with Crippen molar-refractivity contribution >= 4 is 75.4 Å². The molecule has 3 heterocycles. The summed E-state index contributed by atoms with van der Waals surface area (Å²) in [6.07, 6.45) is 1.12. The number of rotatable bonds is 10. The molecule has 2 atom stereocenters. The van der Waals surface area contributed by atoms with Gasteiger partial charge in [-0.25, -0.2) is 19.4 Å². The van der Waals surface area contributed by atoms with Crippen LogP contribution in [0.1, 0.15) is 7.12 Å². The number of thioether (sulfide) groups is 2. The second-order valence-electron chi connectivity index (χ2n) is 6.56. The number of thiazole rings is 1. The summed E-state index contributed by atoms with van der Waals surface area (Å²) in [6, 6.07) is -1.08. The van der Waals surface area contributed by atoms with Crippen LogP contribution < -0.4 is 40.6 Å². The smallest absolute Gasteiger partial charge is 1.00 e. The summed E-state index contributed by atoms with van der Waals surface area (Å²) in [5.41, 5.74) is 4.94. The van der Waals surface area contributed by atoms with Crippen LogP contribution in [0.4, 0.5) is 5.13 Å². The zero-order valence-electron chi connectivity index (χ0n) is 19.7. The Hall–Kier alpha value is -2.57. The third-order valence-electron chi connectivity index (χ3n) is 4.36. The van der Waals surface area contributed by atoms with Gasteiger partial charge in [0.2, 0.25) is 6.61 Å². The standard InChI is InChI=1S/C18H17N5O9S3.Na.H/c1-31-10(26)2-3-33-8-6-34-16-12(15(28)23(16)13(8)17(29)30)21-14(27)11(22-32-4-9(24)25)7-5-35-18(19)20-7;;/h2-3,5,12,16H,4,6H2,1H3,(H2,19,20)(H,21,27)(H,24,25)(H,29,30);;/q;+1;-1/b3-2-,22-11-;;/t12-,16-;;/m1../s1. The van der Waals surface area contributed by atoms with E-state index in [2.05, 4.69) is 25.0 Å². The molecule has 2 aliphatic rings. The normalized spacial score (nSPS) is 19.2. The number of β-lactam (4-membered cyclic amide) rings is 1. The van der Waals surface area contributed by atoms with Crippen molar-refractivity contribution in [3.05, 3.63) is 33.2 Å². The number of nitrogens with one attached hydrogen (secondary N) is 1. The van der Waals surface area contributed by atoms with Gasteiger partial charge in [-0.3, -0.25) is 14.5 Å². The van der Waals surface area contributed by atoms with Crippen LogP contribution >= 0.6 is 34.9 Å². The summed E-state index contributed by atoms with van der Waals surface area (Å²) in [4.78, 5) is 69.4. The first-order valence-electron chi connectivity index (χ1n) is 9.40. The topological polar surface area (TPSA) is 211 Å². The summed E-state index contributed by atoms with van der Waals surface area (Å²) in [7, 11) is 1.20. The van der Waals surface area contributed by atoms with Crippen LogP contribution in [0.3, 0.4) is 0 Å². The Morgan fingerprint density at radius 1 is 1.42 bits per heavy atom. The van der Waals surface area contributed by atoms with Gasteiger partial charge in [-0.1, -0.05) is 16.9 Å². The van der Waals surface area contributed by atoms with Crippen LogP contribution in [0.25, 0.3) is 0 Å². The molecule has 3 rings (SSSR count). The van der Waals surface area contributed by atoms with Gasteiger partial charge in [-0.2, -0.15) is 0 Å². The number of esters is 1. The number of carboxylic acid groups (broad SMARTS) is 2. The van der Waals surface area contributed by atoms with E-state index in [1.54, 1.807) is 0 Å². The Morgan fingerprint density at radius 2 is 2.14 bits per heavy atom. The fourth-order valence-corrected chi connectivity index (χ4v) is 5.74. The maximum atomic E-state index is 12.9. The molecule has 0 radical (unpaired) electrons. The Balaban J connectivity index is 0.00000342. The number of anilines is 1. The predicted octanol–water partition coefficient (Wildman–Crippen LogP) is -3.24. The average molecular weight is 568 g/mol. The number of nitrogen functional groups attached to an aromatic ring is 1.